The van der Waals surface area contributed by atoms with Crippen LogP contribution >= 0.6 is 0 Å². The number of aryl methyl sites for hydroxylation is 2. The highest BCUT2D eigenvalue weighted by Gasteiger charge is 2.27. The Bertz CT molecular complexity index is 1170. The number of piperazine rings is 1. The highest BCUT2D eigenvalue weighted by Crippen LogP contribution is 2.30. The van der Waals surface area contributed by atoms with Crippen molar-refractivity contribution in [2.45, 2.75) is 40.7 Å². The van der Waals surface area contributed by atoms with Crippen molar-refractivity contribution < 1.29 is 9.53 Å². The molecule has 1 amide bonds. The van der Waals surface area contributed by atoms with Crippen molar-refractivity contribution in [1.29, 1.82) is 0 Å². The first-order chi connectivity index (χ1) is 16.9. The number of amides is 1. The summed E-state index contributed by atoms with van der Waals surface area (Å²) in [5.41, 5.74) is 6.76. The van der Waals surface area contributed by atoms with Crippen molar-refractivity contribution in [3.63, 3.8) is 0 Å². The Hall–Kier alpha value is -3.25. The van der Waals surface area contributed by atoms with Crippen LogP contribution in [0.1, 0.15) is 41.8 Å². The van der Waals surface area contributed by atoms with Gasteiger partial charge < -0.3 is 14.5 Å². The van der Waals surface area contributed by atoms with Gasteiger partial charge in [-0.15, -0.1) is 0 Å². The molecule has 1 saturated heterocycles. The summed E-state index contributed by atoms with van der Waals surface area (Å²) in [6, 6.07) is 16.7. The van der Waals surface area contributed by atoms with Crippen LogP contribution in [0, 0.1) is 19.8 Å². The zero-order chi connectivity index (χ0) is 24.9. The SMILES string of the molecule is COCc1nc(-c2ccccc2)nc(N2CCN(C(=O)C(C)C)CC2)c1Cc1cc(C)ccc1C. The van der Waals surface area contributed by atoms with Gasteiger partial charge in [-0.2, -0.15) is 0 Å². The summed E-state index contributed by atoms with van der Waals surface area (Å²) in [7, 11) is 1.71. The maximum atomic E-state index is 12.6. The van der Waals surface area contributed by atoms with E-state index in [-0.39, 0.29) is 11.8 Å². The smallest absolute Gasteiger partial charge is 0.225 e. The molecule has 0 saturated carbocycles. The molecule has 1 aromatic heterocycles. The second-order valence-electron chi connectivity index (χ2n) is 9.67. The van der Waals surface area contributed by atoms with E-state index in [1.807, 2.05) is 49.1 Å². The van der Waals surface area contributed by atoms with Gasteiger partial charge in [-0.1, -0.05) is 67.9 Å². The second-order valence-corrected chi connectivity index (χ2v) is 9.67. The standard InChI is InChI=1S/C29H36N4O2/c1-20(2)29(34)33-15-13-32(14-16-33)28-25(18-24-17-21(3)11-12-22(24)4)26(19-35-5)30-27(31-28)23-9-7-6-8-10-23/h6-12,17,20H,13-16,18-19H2,1-5H3. The van der Waals surface area contributed by atoms with E-state index in [1.54, 1.807) is 7.11 Å². The first-order valence-electron chi connectivity index (χ1n) is 12.4. The molecule has 0 bridgehead atoms. The number of hydrogen-bond donors (Lipinski definition) is 0. The van der Waals surface area contributed by atoms with Crippen LogP contribution in [0.5, 0.6) is 0 Å². The normalized spacial score (nSPS) is 14.0. The van der Waals surface area contributed by atoms with Gasteiger partial charge in [-0.25, -0.2) is 9.97 Å². The van der Waals surface area contributed by atoms with Crippen molar-refractivity contribution >= 4 is 11.7 Å². The highest BCUT2D eigenvalue weighted by molar-refractivity contribution is 5.78. The number of nitrogens with zero attached hydrogens (tertiary/aromatic N) is 4. The number of methoxy groups -OCH3 is 1. The van der Waals surface area contributed by atoms with E-state index in [9.17, 15) is 4.79 Å². The molecule has 6 heteroatoms. The third kappa shape index (κ3) is 5.70. The van der Waals surface area contributed by atoms with Crippen molar-refractivity contribution in [1.82, 2.24) is 14.9 Å². The fourth-order valence-corrected chi connectivity index (χ4v) is 4.62. The Kier molecular flexibility index (Phi) is 7.81. The lowest BCUT2D eigenvalue weighted by Crippen LogP contribution is -2.50. The van der Waals surface area contributed by atoms with Crippen LogP contribution in [-0.4, -0.2) is 54.1 Å². The molecule has 1 fully saturated rings. The van der Waals surface area contributed by atoms with Gasteiger partial charge in [0.15, 0.2) is 5.82 Å². The molecule has 184 valence electrons. The molecule has 0 aliphatic carbocycles. The molecule has 2 heterocycles. The van der Waals surface area contributed by atoms with Crippen molar-refractivity contribution in [3.05, 3.63) is 76.5 Å². The molecular formula is C29H36N4O2. The first-order valence-corrected chi connectivity index (χ1v) is 12.4. The zero-order valence-electron chi connectivity index (χ0n) is 21.5. The Morgan fingerprint density at radius 1 is 1.00 bits per heavy atom. The predicted molar refractivity (Wildman–Crippen MR) is 141 cm³/mol. The maximum Gasteiger partial charge on any atom is 0.225 e. The summed E-state index contributed by atoms with van der Waals surface area (Å²) in [6.45, 7) is 11.5. The van der Waals surface area contributed by atoms with Gasteiger partial charge in [0.2, 0.25) is 5.91 Å². The van der Waals surface area contributed by atoms with Gasteiger partial charge in [-0.05, 0) is 25.0 Å². The van der Waals surface area contributed by atoms with Gasteiger partial charge in [0.25, 0.3) is 0 Å². The van der Waals surface area contributed by atoms with Crippen LogP contribution in [-0.2, 0) is 22.6 Å². The summed E-state index contributed by atoms with van der Waals surface area (Å²) in [6.07, 6.45) is 0.738. The predicted octanol–water partition coefficient (Wildman–Crippen LogP) is 4.80. The average Bonchev–Trinajstić information content (AvgIpc) is 2.87. The van der Waals surface area contributed by atoms with Gasteiger partial charge in [0.05, 0.1) is 12.3 Å². The third-order valence-corrected chi connectivity index (χ3v) is 6.64. The fraction of sp³-hybridized carbons (Fsp3) is 0.414. The van der Waals surface area contributed by atoms with Crippen molar-refractivity contribution in [2.75, 3.05) is 38.2 Å². The van der Waals surface area contributed by atoms with Crippen molar-refractivity contribution in [2.24, 2.45) is 5.92 Å². The van der Waals surface area contributed by atoms with E-state index < -0.39 is 0 Å². The molecule has 4 rings (SSSR count). The number of carbonyl (C=O) groups is 1. The number of hydrogen-bond acceptors (Lipinski definition) is 5. The van der Waals surface area contributed by atoms with Crippen LogP contribution in [0.4, 0.5) is 5.82 Å². The number of anilines is 1. The van der Waals surface area contributed by atoms with Gasteiger partial charge >= 0.3 is 0 Å². The van der Waals surface area contributed by atoms with Gasteiger partial charge in [0, 0.05) is 56.8 Å². The number of aromatic nitrogens is 2. The number of carbonyl (C=O) groups excluding carboxylic acids is 1. The van der Waals surface area contributed by atoms with Crippen LogP contribution in [0.2, 0.25) is 0 Å². The average molecular weight is 473 g/mol. The third-order valence-electron chi connectivity index (χ3n) is 6.64. The Labute approximate surface area is 209 Å². The largest absolute Gasteiger partial charge is 0.378 e. The van der Waals surface area contributed by atoms with E-state index in [2.05, 4.69) is 36.9 Å². The molecule has 0 spiro atoms. The molecule has 3 aromatic rings. The van der Waals surface area contributed by atoms with Gasteiger partial charge in [0.1, 0.15) is 5.82 Å². The Morgan fingerprint density at radius 2 is 1.71 bits per heavy atom. The van der Waals surface area contributed by atoms with E-state index >= 15 is 0 Å². The summed E-state index contributed by atoms with van der Waals surface area (Å²) in [4.78, 5) is 26.9. The molecule has 6 nitrogen and oxygen atoms in total. The summed E-state index contributed by atoms with van der Waals surface area (Å²) in [5, 5.41) is 0. The number of rotatable bonds is 7. The molecule has 0 N–H and O–H groups in total. The quantitative estimate of drug-likeness (QED) is 0.494. The molecule has 0 radical (unpaired) electrons. The first kappa shape index (κ1) is 24.9. The minimum Gasteiger partial charge on any atom is -0.378 e. The Balaban J connectivity index is 1.77. The number of ether oxygens (including phenoxy) is 1. The molecule has 0 atom stereocenters. The molecule has 1 aliphatic rings. The fourth-order valence-electron chi connectivity index (χ4n) is 4.62. The maximum absolute atomic E-state index is 12.6. The second kappa shape index (κ2) is 11.0. The minimum absolute atomic E-state index is 0.0124. The van der Waals surface area contributed by atoms with Crippen LogP contribution in [0.25, 0.3) is 11.4 Å². The van der Waals surface area contributed by atoms with Crippen LogP contribution in [0.15, 0.2) is 48.5 Å². The van der Waals surface area contributed by atoms with Crippen molar-refractivity contribution in [3.8, 4) is 11.4 Å². The lowest BCUT2D eigenvalue weighted by atomic mass is 9.97. The minimum atomic E-state index is 0.0124. The molecular weight excluding hydrogens is 436 g/mol. The lowest BCUT2D eigenvalue weighted by molar-refractivity contribution is -0.134. The van der Waals surface area contributed by atoms with E-state index in [0.717, 1.165) is 42.1 Å². The summed E-state index contributed by atoms with van der Waals surface area (Å²) >= 11 is 0. The summed E-state index contributed by atoms with van der Waals surface area (Å²) in [5.74, 6) is 1.88. The lowest BCUT2D eigenvalue weighted by Gasteiger charge is -2.37. The molecule has 35 heavy (non-hydrogen) atoms. The van der Waals surface area contributed by atoms with Crippen LogP contribution < -0.4 is 4.90 Å². The van der Waals surface area contributed by atoms with E-state index in [4.69, 9.17) is 14.7 Å². The highest BCUT2D eigenvalue weighted by atomic mass is 16.5. The molecule has 1 aliphatic heterocycles. The number of benzene rings is 2. The molecule has 2 aromatic carbocycles. The monoisotopic (exact) mass is 472 g/mol. The molecule has 0 unspecified atom stereocenters. The van der Waals surface area contributed by atoms with Gasteiger partial charge in [-0.3, -0.25) is 4.79 Å². The van der Waals surface area contributed by atoms with E-state index in [1.165, 1.54) is 16.7 Å². The van der Waals surface area contributed by atoms with Crippen LogP contribution in [0.3, 0.4) is 0 Å². The Morgan fingerprint density at radius 3 is 2.37 bits per heavy atom. The van der Waals surface area contributed by atoms with E-state index in [0.29, 0.717) is 25.5 Å². The topological polar surface area (TPSA) is 58.6 Å². The summed E-state index contributed by atoms with van der Waals surface area (Å²) < 4.78 is 5.61. The zero-order valence-corrected chi connectivity index (χ0v) is 21.5.